The van der Waals surface area contributed by atoms with Gasteiger partial charge in [-0.3, -0.25) is 0 Å². The second-order valence-corrected chi connectivity index (χ2v) is 3.92. The summed E-state index contributed by atoms with van der Waals surface area (Å²) >= 11 is 0. The molecule has 0 bridgehead atoms. The molecule has 0 saturated heterocycles. The van der Waals surface area contributed by atoms with Gasteiger partial charge in [0, 0.05) is 23.9 Å². The number of nitrogen functional groups attached to an aromatic ring is 1. The number of rotatable bonds is 5. The van der Waals surface area contributed by atoms with Crippen LogP contribution in [0.15, 0.2) is 30.7 Å². The summed E-state index contributed by atoms with van der Waals surface area (Å²) in [6.45, 7) is 2.82. The largest absolute Gasteiger partial charge is 0.478 e. The van der Waals surface area contributed by atoms with Crippen LogP contribution in [0.5, 0.6) is 5.88 Å². The molecule has 0 aromatic carbocycles. The summed E-state index contributed by atoms with van der Waals surface area (Å²) in [5.74, 6) is 1.08. The average Bonchev–Trinajstić information content (AvgIpc) is 2.40. The van der Waals surface area contributed by atoms with Crippen molar-refractivity contribution in [1.29, 1.82) is 0 Å². The predicted octanol–water partition coefficient (Wildman–Crippen LogP) is 2.30. The van der Waals surface area contributed by atoms with Crippen LogP contribution in [0, 0.1) is 0 Å². The summed E-state index contributed by atoms with van der Waals surface area (Å²) in [5, 5.41) is 0. The van der Waals surface area contributed by atoms with Gasteiger partial charge in [0.15, 0.2) is 0 Å². The Morgan fingerprint density at radius 1 is 1.22 bits per heavy atom. The summed E-state index contributed by atoms with van der Waals surface area (Å²) in [4.78, 5) is 12.2. The summed E-state index contributed by atoms with van der Waals surface area (Å²) in [6.07, 6.45) is 5.31. The molecule has 0 spiro atoms. The van der Waals surface area contributed by atoms with Gasteiger partial charge in [0.25, 0.3) is 0 Å². The van der Waals surface area contributed by atoms with Crippen molar-refractivity contribution in [3.63, 3.8) is 0 Å². The highest BCUT2D eigenvalue weighted by Gasteiger charge is 2.02. The average molecular weight is 244 g/mol. The minimum atomic E-state index is 0.447. The minimum Gasteiger partial charge on any atom is -0.478 e. The second kappa shape index (κ2) is 5.95. The maximum atomic E-state index is 5.61. The molecule has 2 aromatic rings. The van der Waals surface area contributed by atoms with E-state index in [4.69, 9.17) is 10.5 Å². The first kappa shape index (κ1) is 12.3. The summed E-state index contributed by atoms with van der Waals surface area (Å²) in [6, 6.07) is 5.47. The molecule has 0 radical (unpaired) electrons. The van der Waals surface area contributed by atoms with Crippen LogP contribution >= 0.6 is 0 Å². The zero-order valence-corrected chi connectivity index (χ0v) is 10.3. The quantitative estimate of drug-likeness (QED) is 0.817. The fourth-order valence-corrected chi connectivity index (χ4v) is 1.47. The molecule has 0 unspecified atom stereocenters. The van der Waals surface area contributed by atoms with E-state index in [2.05, 4.69) is 21.9 Å². The smallest absolute Gasteiger partial charge is 0.213 e. The fraction of sp³-hybridized carbons (Fsp3) is 0.308. The van der Waals surface area contributed by atoms with E-state index in [9.17, 15) is 0 Å². The molecule has 2 N–H and O–H groups in total. The number of nitrogens with two attached hydrogens (primary N) is 1. The Morgan fingerprint density at radius 2 is 2.11 bits per heavy atom. The van der Waals surface area contributed by atoms with Crippen molar-refractivity contribution in [1.82, 2.24) is 15.0 Å². The molecule has 0 amide bonds. The van der Waals surface area contributed by atoms with Crippen molar-refractivity contribution in [2.24, 2.45) is 0 Å². The van der Waals surface area contributed by atoms with E-state index >= 15 is 0 Å². The lowest BCUT2D eigenvalue weighted by Gasteiger charge is -2.05. The van der Waals surface area contributed by atoms with E-state index in [0.29, 0.717) is 18.3 Å². The van der Waals surface area contributed by atoms with Crippen LogP contribution < -0.4 is 10.5 Å². The summed E-state index contributed by atoms with van der Waals surface area (Å²) in [5.41, 5.74) is 7.27. The SMILES string of the molecule is CCCCOc1ccc(-c2cc(N)ncn2)cn1. The molecule has 2 heterocycles. The first-order chi connectivity index (χ1) is 8.79. The van der Waals surface area contributed by atoms with Gasteiger partial charge in [0.2, 0.25) is 5.88 Å². The van der Waals surface area contributed by atoms with E-state index in [1.165, 1.54) is 6.33 Å². The number of hydrogen-bond donors (Lipinski definition) is 1. The van der Waals surface area contributed by atoms with Crippen LogP contribution in [0.2, 0.25) is 0 Å². The molecule has 18 heavy (non-hydrogen) atoms. The number of hydrogen-bond acceptors (Lipinski definition) is 5. The van der Waals surface area contributed by atoms with Crippen molar-refractivity contribution in [2.45, 2.75) is 19.8 Å². The molecule has 0 fully saturated rings. The fourth-order valence-electron chi connectivity index (χ4n) is 1.47. The van der Waals surface area contributed by atoms with Crippen molar-refractivity contribution in [3.05, 3.63) is 30.7 Å². The van der Waals surface area contributed by atoms with E-state index in [-0.39, 0.29) is 0 Å². The van der Waals surface area contributed by atoms with Crippen LogP contribution in [0.25, 0.3) is 11.3 Å². The van der Waals surface area contributed by atoms with Crippen LogP contribution in [0.1, 0.15) is 19.8 Å². The van der Waals surface area contributed by atoms with Crippen molar-refractivity contribution in [3.8, 4) is 17.1 Å². The first-order valence-corrected chi connectivity index (χ1v) is 5.96. The third-order valence-electron chi connectivity index (χ3n) is 2.47. The Hall–Kier alpha value is -2.17. The van der Waals surface area contributed by atoms with Gasteiger partial charge in [-0.2, -0.15) is 0 Å². The van der Waals surface area contributed by atoms with Gasteiger partial charge in [0.1, 0.15) is 12.1 Å². The maximum Gasteiger partial charge on any atom is 0.213 e. The van der Waals surface area contributed by atoms with E-state index < -0.39 is 0 Å². The number of pyridine rings is 1. The van der Waals surface area contributed by atoms with Crippen LogP contribution in [0.3, 0.4) is 0 Å². The van der Waals surface area contributed by atoms with Gasteiger partial charge in [-0.25, -0.2) is 15.0 Å². The van der Waals surface area contributed by atoms with E-state index in [1.807, 2.05) is 12.1 Å². The molecular weight excluding hydrogens is 228 g/mol. The molecule has 0 atom stereocenters. The molecular formula is C13H16N4O. The Balaban J connectivity index is 2.07. The van der Waals surface area contributed by atoms with Crippen molar-refractivity contribution >= 4 is 5.82 Å². The third-order valence-corrected chi connectivity index (χ3v) is 2.47. The van der Waals surface area contributed by atoms with Crippen LogP contribution in [-0.4, -0.2) is 21.6 Å². The maximum absolute atomic E-state index is 5.61. The van der Waals surface area contributed by atoms with Crippen molar-refractivity contribution < 1.29 is 4.74 Å². The van der Waals surface area contributed by atoms with Gasteiger partial charge in [-0.15, -0.1) is 0 Å². The van der Waals surface area contributed by atoms with Gasteiger partial charge in [-0.05, 0) is 12.5 Å². The molecule has 0 aliphatic rings. The predicted molar refractivity (Wildman–Crippen MR) is 70.1 cm³/mol. The second-order valence-electron chi connectivity index (χ2n) is 3.92. The topological polar surface area (TPSA) is 73.9 Å². The summed E-state index contributed by atoms with van der Waals surface area (Å²) < 4.78 is 5.49. The number of anilines is 1. The molecule has 5 nitrogen and oxygen atoms in total. The molecule has 5 heteroatoms. The van der Waals surface area contributed by atoms with Gasteiger partial charge in [0.05, 0.1) is 12.3 Å². The lowest BCUT2D eigenvalue weighted by atomic mass is 10.2. The molecule has 0 aliphatic heterocycles. The lowest BCUT2D eigenvalue weighted by molar-refractivity contribution is 0.298. The first-order valence-electron chi connectivity index (χ1n) is 5.96. The minimum absolute atomic E-state index is 0.447. The van der Waals surface area contributed by atoms with Gasteiger partial charge in [-0.1, -0.05) is 13.3 Å². The highest BCUT2D eigenvalue weighted by molar-refractivity contribution is 5.60. The zero-order chi connectivity index (χ0) is 12.8. The molecule has 0 saturated carbocycles. The molecule has 2 aromatic heterocycles. The molecule has 94 valence electrons. The third kappa shape index (κ3) is 3.16. The monoisotopic (exact) mass is 244 g/mol. The number of aromatic nitrogens is 3. The summed E-state index contributed by atoms with van der Waals surface area (Å²) in [7, 11) is 0. The lowest BCUT2D eigenvalue weighted by Crippen LogP contribution is -1.98. The highest BCUT2D eigenvalue weighted by atomic mass is 16.5. The van der Waals surface area contributed by atoms with Gasteiger partial charge >= 0.3 is 0 Å². The standard InChI is InChI=1S/C13H16N4O/c1-2-3-6-18-13-5-4-10(8-15-13)11-7-12(14)17-9-16-11/h4-5,7-9H,2-3,6H2,1H3,(H2,14,16,17). The van der Waals surface area contributed by atoms with Crippen LogP contribution in [0.4, 0.5) is 5.82 Å². The number of unbranched alkanes of at least 4 members (excludes halogenated alkanes) is 1. The number of ether oxygens (including phenoxy) is 1. The van der Waals surface area contributed by atoms with E-state index in [1.54, 1.807) is 12.3 Å². The Bertz CT molecular complexity index is 499. The molecule has 0 aliphatic carbocycles. The molecule has 2 rings (SSSR count). The van der Waals surface area contributed by atoms with Crippen molar-refractivity contribution in [2.75, 3.05) is 12.3 Å². The van der Waals surface area contributed by atoms with Gasteiger partial charge < -0.3 is 10.5 Å². The Kier molecular flexibility index (Phi) is 4.06. The zero-order valence-electron chi connectivity index (χ0n) is 10.3. The Labute approximate surface area is 106 Å². The van der Waals surface area contributed by atoms with E-state index in [0.717, 1.165) is 24.1 Å². The van der Waals surface area contributed by atoms with Crippen LogP contribution in [-0.2, 0) is 0 Å². The number of nitrogens with zero attached hydrogens (tertiary/aromatic N) is 3. The Morgan fingerprint density at radius 3 is 2.78 bits per heavy atom. The highest BCUT2D eigenvalue weighted by Crippen LogP contribution is 2.18. The normalized spacial score (nSPS) is 10.3.